The van der Waals surface area contributed by atoms with Gasteiger partial charge in [-0.2, -0.15) is 0 Å². The Kier molecular flexibility index (Phi) is 12.3. The van der Waals surface area contributed by atoms with E-state index in [0.717, 1.165) is 46.1 Å². The molecule has 0 aromatic heterocycles. The number of hydrogen-bond acceptors (Lipinski definition) is 4. The average Bonchev–Trinajstić information content (AvgIpc) is 2.33. The van der Waals surface area contributed by atoms with E-state index in [1.807, 2.05) is 19.9 Å². The van der Waals surface area contributed by atoms with Crippen LogP contribution in [0, 0.1) is 0 Å². The minimum Gasteiger partial charge on any atom is -0.392 e. The van der Waals surface area contributed by atoms with E-state index < -0.39 is 0 Å². The summed E-state index contributed by atoms with van der Waals surface area (Å²) in [4.78, 5) is 2.30. The van der Waals surface area contributed by atoms with Gasteiger partial charge in [-0.15, -0.1) is 0 Å². The molecule has 0 atom stereocenters. The smallest absolute Gasteiger partial charge is 0.0612 e. The number of morpholine rings is 1. The van der Waals surface area contributed by atoms with Gasteiger partial charge in [0.25, 0.3) is 0 Å². The number of rotatable bonds is 5. The highest BCUT2D eigenvalue weighted by atomic mass is 16.5. The molecular formula is C12H25NO3. The third-order valence-corrected chi connectivity index (χ3v) is 2.15. The molecule has 0 unspecified atom stereocenters. The minimum absolute atomic E-state index is 0.143. The average molecular weight is 231 g/mol. The maximum absolute atomic E-state index is 8.47. The Morgan fingerprint density at radius 2 is 1.81 bits per heavy atom. The second kappa shape index (κ2) is 12.6. The number of nitrogens with zero attached hydrogens (tertiary/aromatic N) is 1. The maximum atomic E-state index is 8.47. The summed E-state index contributed by atoms with van der Waals surface area (Å²) in [6.45, 7) is 10.4. The molecule has 0 aliphatic carbocycles. The van der Waals surface area contributed by atoms with E-state index in [9.17, 15) is 0 Å². The predicted molar refractivity (Wildman–Crippen MR) is 65.7 cm³/mol. The van der Waals surface area contributed by atoms with Crippen molar-refractivity contribution in [1.82, 2.24) is 4.90 Å². The van der Waals surface area contributed by atoms with Crippen LogP contribution in [0.4, 0.5) is 0 Å². The van der Waals surface area contributed by atoms with Crippen LogP contribution in [0.1, 0.15) is 13.8 Å². The first-order valence-electron chi connectivity index (χ1n) is 5.98. The molecule has 0 aromatic carbocycles. The van der Waals surface area contributed by atoms with Crippen LogP contribution in [0.2, 0.25) is 0 Å². The molecule has 4 nitrogen and oxygen atoms in total. The summed E-state index contributed by atoms with van der Waals surface area (Å²) < 4.78 is 10.0. The van der Waals surface area contributed by atoms with E-state index >= 15 is 0 Å². The summed E-state index contributed by atoms with van der Waals surface area (Å²) in [6, 6.07) is 0. The third-order valence-electron chi connectivity index (χ3n) is 2.15. The Bertz CT molecular complexity index is 154. The molecule has 1 fully saturated rings. The Morgan fingerprint density at radius 1 is 1.19 bits per heavy atom. The Hall–Kier alpha value is -0.420. The van der Waals surface area contributed by atoms with Gasteiger partial charge in [-0.3, -0.25) is 4.90 Å². The van der Waals surface area contributed by atoms with E-state index in [4.69, 9.17) is 14.6 Å². The predicted octanol–water partition coefficient (Wildman–Crippen LogP) is 0.910. The molecule has 0 saturated carbocycles. The maximum Gasteiger partial charge on any atom is 0.0612 e. The zero-order valence-electron chi connectivity index (χ0n) is 10.5. The van der Waals surface area contributed by atoms with Crippen molar-refractivity contribution >= 4 is 0 Å². The van der Waals surface area contributed by atoms with Gasteiger partial charge in [-0.05, 0) is 13.8 Å². The molecule has 16 heavy (non-hydrogen) atoms. The van der Waals surface area contributed by atoms with Crippen molar-refractivity contribution in [1.29, 1.82) is 0 Å². The lowest BCUT2D eigenvalue weighted by Crippen LogP contribution is -2.36. The highest BCUT2D eigenvalue weighted by Crippen LogP contribution is 1.95. The monoisotopic (exact) mass is 231 g/mol. The summed E-state index contributed by atoms with van der Waals surface area (Å²) >= 11 is 0. The number of hydrogen-bond donors (Lipinski definition) is 1. The molecule has 0 spiro atoms. The third kappa shape index (κ3) is 10.1. The molecule has 1 saturated heterocycles. The summed E-state index contributed by atoms with van der Waals surface area (Å²) in [7, 11) is 0. The Morgan fingerprint density at radius 3 is 2.25 bits per heavy atom. The molecule has 1 rings (SSSR count). The van der Waals surface area contributed by atoms with Gasteiger partial charge in [0.1, 0.15) is 0 Å². The fourth-order valence-electron chi connectivity index (χ4n) is 1.29. The van der Waals surface area contributed by atoms with E-state index in [1.54, 1.807) is 6.08 Å². The van der Waals surface area contributed by atoms with E-state index in [1.165, 1.54) is 0 Å². The van der Waals surface area contributed by atoms with Crippen molar-refractivity contribution in [3.63, 3.8) is 0 Å². The van der Waals surface area contributed by atoms with Crippen molar-refractivity contribution in [2.45, 2.75) is 13.8 Å². The number of ether oxygens (including phenoxy) is 2. The van der Waals surface area contributed by atoms with Gasteiger partial charge in [-0.25, -0.2) is 0 Å². The molecule has 1 N–H and O–H groups in total. The van der Waals surface area contributed by atoms with Crippen LogP contribution >= 0.6 is 0 Å². The van der Waals surface area contributed by atoms with Gasteiger partial charge < -0.3 is 14.6 Å². The SMILES string of the molecule is CCOCC.OC/C=C/CN1CCOCC1. The van der Waals surface area contributed by atoms with Crippen LogP contribution in [-0.4, -0.2) is 62.7 Å². The highest BCUT2D eigenvalue weighted by Gasteiger charge is 2.06. The molecule has 0 bridgehead atoms. The van der Waals surface area contributed by atoms with Crippen molar-refractivity contribution < 1.29 is 14.6 Å². The summed E-state index contributed by atoms with van der Waals surface area (Å²) in [5.74, 6) is 0. The van der Waals surface area contributed by atoms with Gasteiger partial charge in [0.05, 0.1) is 19.8 Å². The molecule has 1 aliphatic heterocycles. The van der Waals surface area contributed by atoms with E-state index in [2.05, 4.69) is 4.90 Å². The van der Waals surface area contributed by atoms with Crippen LogP contribution < -0.4 is 0 Å². The van der Waals surface area contributed by atoms with Crippen LogP contribution in [-0.2, 0) is 9.47 Å². The molecule has 0 amide bonds. The van der Waals surface area contributed by atoms with Crippen molar-refractivity contribution in [2.75, 3.05) is 52.7 Å². The fraction of sp³-hybridized carbons (Fsp3) is 0.833. The lowest BCUT2D eigenvalue weighted by atomic mass is 10.4. The molecule has 4 heteroatoms. The largest absolute Gasteiger partial charge is 0.392 e. The second-order valence-corrected chi connectivity index (χ2v) is 3.35. The second-order valence-electron chi connectivity index (χ2n) is 3.35. The van der Waals surface area contributed by atoms with Gasteiger partial charge in [0, 0.05) is 32.8 Å². The van der Waals surface area contributed by atoms with E-state index in [0.29, 0.717) is 0 Å². The standard InChI is InChI=1S/C8H15NO2.C4H10O/c10-6-2-1-3-9-4-7-11-8-5-9;1-3-5-4-2/h1-2,10H,3-8H2;3-4H2,1-2H3/b2-1+;. The number of aliphatic hydroxyl groups excluding tert-OH is 1. The first-order chi connectivity index (χ1) is 7.85. The topological polar surface area (TPSA) is 41.9 Å². The van der Waals surface area contributed by atoms with Gasteiger partial charge in [-0.1, -0.05) is 12.2 Å². The van der Waals surface area contributed by atoms with Crippen LogP contribution in [0.5, 0.6) is 0 Å². The summed E-state index contributed by atoms with van der Waals surface area (Å²) in [6.07, 6.45) is 3.76. The Labute approximate surface area is 98.8 Å². The zero-order chi connectivity index (χ0) is 12.1. The lowest BCUT2D eigenvalue weighted by Gasteiger charge is -2.24. The van der Waals surface area contributed by atoms with Crippen LogP contribution in [0.25, 0.3) is 0 Å². The van der Waals surface area contributed by atoms with Crippen LogP contribution in [0.3, 0.4) is 0 Å². The number of aliphatic hydroxyl groups is 1. The molecular weight excluding hydrogens is 206 g/mol. The molecule has 96 valence electrons. The van der Waals surface area contributed by atoms with Crippen molar-refractivity contribution in [3.8, 4) is 0 Å². The molecule has 1 aliphatic rings. The first kappa shape index (κ1) is 15.6. The lowest BCUT2D eigenvalue weighted by molar-refractivity contribution is 0.0434. The molecule has 1 heterocycles. The van der Waals surface area contributed by atoms with E-state index in [-0.39, 0.29) is 6.61 Å². The first-order valence-corrected chi connectivity index (χ1v) is 5.98. The Balaban J connectivity index is 0.000000385. The normalized spacial score (nSPS) is 17.2. The minimum atomic E-state index is 0.143. The van der Waals surface area contributed by atoms with Crippen molar-refractivity contribution in [2.24, 2.45) is 0 Å². The summed E-state index contributed by atoms with van der Waals surface area (Å²) in [5, 5.41) is 8.47. The van der Waals surface area contributed by atoms with Gasteiger partial charge in [0.15, 0.2) is 0 Å². The van der Waals surface area contributed by atoms with Crippen LogP contribution in [0.15, 0.2) is 12.2 Å². The molecule has 0 aromatic rings. The summed E-state index contributed by atoms with van der Waals surface area (Å²) in [5.41, 5.74) is 0. The van der Waals surface area contributed by atoms with Crippen molar-refractivity contribution in [3.05, 3.63) is 12.2 Å². The fourth-order valence-corrected chi connectivity index (χ4v) is 1.29. The quantitative estimate of drug-likeness (QED) is 0.714. The van der Waals surface area contributed by atoms with Gasteiger partial charge >= 0.3 is 0 Å². The van der Waals surface area contributed by atoms with Gasteiger partial charge in [0.2, 0.25) is 0 Å². The molecule has 0 radical (unpaired) electrons. The zero-order valence-corrected chi connectivity index (χ0v) is 10.5. The highest BCUT2D eigenvalue weighted by molar-refractivity contribution is 4.84.